The van der Waals surface area contributed by atoms with Crippen LogP contribution in [-0.2, 0) is 6.54 Å². The Morgan fingerprint density at radius 2 is 2.05 bits per heavy atom. The molecule has 0 unspecified atom stereocenters. The van der Waals surface area contributed by atoms with Crippen LogP contribution in [-0.4, -0.2) is 31.1 Å². The molecule has 19 heavy (non-hydrogen) atoms. The van der Waals surface area contributed by atoms with Crippen LogP contribution in [0.25, 0.3) is 0 Å². The number of likely N-dealkylation sites (tertiary alicyclic amines) is 1. The first kappa shape index (κ1) is 14.8. The molecule has 0 bridgehead atoms. The first-order valence-electron chi connectivity index (χ1n) is 7.33. The van der Waals surface area contributed by atoms with Crippen molar-refractivity contribution < 1.29 is 0 Å². The Hall–Kier alpha value is -0.570. The van der Waals surface area contributed by atoms with Crippen molar-refractivity contribution in [1.82, 2.24) is 10.2 Å². The zero-order valence-electron chi connectivity index (χ0n) is 12.1. The standard InChI is InChI=1S/C16H25ClN2/c1-13-5-8-19(9-6-13)10-7-18-12-15-3-4-16(17)11-14(15)2/h3-4,11,13,18H,5-10,12H2,1-2H3. The third-order valence-corrected chi connectivity index (χ3v) is 4.34. The van der Waals surface area contributed by atoms with Gasteiger partial charge in [0.05, 0.1) is 0 Å². The van der Waals surface area contributed by atoms with Gasteiger partial charge in [0, 0.05) is 24.7 Å². The van der Waals surface area contributed by atoms with E-state index in [2.05, 4.69) is 30.1 Å². The highest BCUT2D eigenvalue weighted by atomic mass is 35.5. The van der Waals surface area contributed by atoms with Crippen molar-refractivity contribution >= 4 is 11.6 Å². The van der Waals surface area contributed by atoms with Crippen molar-refractivity contribution in [2.24, 2.45) is 5.92 Å². The number of hydrogen-bond acceptors (Lipinski definition) is 2. The molecule has 1 N–H and O–H groups in total. The van der Waals surface area contributed by atoms with E-state index in [1.54, 1.807) is 0 Å². The lowest BCUT2D eigenvalue weighted by molar-refractivity contribution is 0.193. The molecule has 0 saturated carbocycles. The molecule has 3 heteroatoms. The highest BCUT2D eigenvalue weighted by molar-refractivity contribution is 6.30. The molecule has 0 spiro atoms. The van der Waals surface area contributed by atoms with Gasteiger partial charge in [0.25, 0.3) is 0 Å². The molecule has 1 aromatic carbocycles. The molecule has 0 amide bonds. The molecule has 106 valence electrons. The van der Waals surface area contributed by atoms with Crippen molar-refractivity contribution in [1.29, 1.82) is 0 Å². The average Bonchev–Trinajstić information content (AvgIpc) is 2.39. The molecule has 1 aliphatic rings. The largest absolute Gasteiger partial charge is 0.311 e. The van der Waals surface area contributed by atoms with E-state index in [4.69, 9.17) is 11.6 Å². The van der Waals surface area contributed by atoms with Crippen molar-refractivity contribution in [3.05, 3.63) is 34.3 Å². The summed E-state index contributed by atoms with van der Waals surface area (Å²) in [6.45, 7) is 10.2. The second-order valence-corrected chi connectivity index (χ2v) is 6.21. The van der Waals surface area contributed by atoms with E-state index in [0.717, 1.165) is 24.0 Å². The van der Waals surface area contributed by atoms with Crippen LogP contribution < -0.4 is 5.32 Å². The van der Waals surface area contributed by atoms with E-state index >= 15 is 0 Å². The van der Waals surface area contributed by atoms with Gasteiger partial charge in [-0.15, -0.1) is 0 Å². The summed E-state index contributed by atoms with van der Waals surface area (Å²) in [5.74, 6) is 0.918. The lowest BCUT2D eigenvalue weighted by Crippen LogP contribution is -2.37. The van der Waals surface area contributed by atoms with E-state index in [-0.39, 0.29) is 0 Å². The highest BCUT2D eigenvalue weighted by Crippen LogP contribution is 2.16. The van der Waals surface area contributed by atoms with E-state index < -0.39 is 0 Å². The smallest absolute Gasteiger partial charge is 0.0408 e. The summed E-state index contributed by atoms with van der Waals surface area (Å²) in [6, 6.07) is 6.12. The second-order valence-electron chi connectivity index (χ2n) is 5.77. The van der Waals surface area contributed by atoms with Crippen LogP contribution in [0.4, 0.5) is 0 Å². The number of piperidine rings is 1. The number of benzene rings is 1. The number of halogens is 1. The lowest BCUT2D eigenvalue weighted by atomic mass is 9.99. The minimum atomic E-state index is 0.823. The summed E-state index contributed by atoms with van der Waals surface area (Å²) in [4.78, 5) is 2.57. The maximum absolute atomic E-state index is 5.96. The molecule has 0 aliphatic carbocycles. The summed E-state index contributed by atoms with van der Waals surface area (Å²) >= 11 is 5.96. The fourth-order valence-electron chi connectivity index (χ4n) is 2.60. The van der Waals surface area contributed by atoms with Gasteiger partial charge in [-0.3, -0.25) is 0 Å². The lowest BCUT2D eigenvalue weighted by Gasteiger charge is -2.30. The summed E-state index contributed by atoms with van der Waals surface area (Å²) in [6.07, 6.45) is 2.71. The summed E-state index contributed by atoms with van der Waals surface area (Å²) in [5.41, 5.74) is 2.61. The first-order chi connectivity index (χ1) is 9.15. The minimum absolute atomic E-state index is 0.823. The topological polar surface area (TPSA) is 15.3 Å². The first-order valence-corrected chi connectivity index (χ1v) is 7.71. The number of aryl methyl sites for hydroxylation is 1. The van der Waals surface area contributed by atoms with Crippen molar-refractivity contribution in [2.75, 3.05) is 26.2 Å². The van der Waals surface area contributed by atoms with E-state index in [1.165, 1.54) is 43.6 Å². The van der Waals surface area contributed by atoms with Crippen LogP contribution in [0.3, 0.4) is 0 Å². The zero-order valence-corrected chi connectivity index (χ0v) is 12.8. The van der Waals surface area contributed by atoms with Gasteiger partial charge < -0.3 is 10.2 Å². The Morgan fingerprint density at radius 1 is 1.32 bits per heavy atom. The molecule has 1 saturated heterocycles. The van der Waals surface area contributed by atoms with Crippen LogP contribution in [0.2, 0.25) is 5.02 Å². The second kappa shape index (κ2) is 7.28. The normalized spacial score (nSPS) is 17.8. The SMILES string of the molecule is Cc1cc(Cl)ccc1CNCCN1CCC(C)CC1. The average molecular weight is 281 g/mol. The van der Waals surface area contributed by atoms with Crippen molar-refractivity contribution in [3.8, 4) is 0 Å². The number of rotatable bonds is 5. The van der Waals surface area contributed by atoms with Gasteiger partial charge in [-0.25, -0.2) is 0 Å². The third-order valence-electron chi connectivity index (χ3n) is 4.10. The maximum atomic E-state index is 5.96. The number of nitrogens with one attached hydrogen (secondary N) is 1. The van der Waals surface area contributed by atoms with Crippen LogP contribution in [0, 0.1) is 12.8 Å². The maximum Gasteiger partial charge on any atom is 0.0408 e. The van der Waals surface area contributed by atoms with Gasteiger partial charge in [0.1, 0.15) is 0 Å². The van der Waals surface area contributed by atoms with Gasteiger partial charge in [-0.1, -0.05) is 24.6 Å². The molecule has 1 heterocycles. The Morgan fingerprint density at radius 3 is 2.74 bits per heavy atom. The Balaban J connectivity index is 1.66. The number of nitrogens with zero attached hydrogens (tertiary/aromatic N) is 1. The van der Waals surface area contributed by atoms with Crippen molar-refractivity contribution in [2.45, 2.75) is 33.2 Å². The van der Waals surface area contributed by atoms with E-state index in [0.29, 0.717) is 0 Å². The predicted molar refractivity (Wildman–Crippen MR) is 82.7 cm³/mol. The van der Waals surface area contributed by atoms with Gasteiger partial charge in [-0.2, -0.15) is 0 Å². The van der Waals surface area contributed by atoms with Gasteiger partial charge in [0.15, 0.2) is 0 Å². The van der Waals surface area contributed by atoms with E-state index in [1.807, 2.05) is 12.1 Å². The van der Waals surface area contributed by atoms with Crippen LogP contribution in [0.15, 0.2) is 18.2 Å². The van der Waals surface area contributed by atoms with Gasteiger partial charge in [-0.05, 0) is 62.0 Å². The minimum Gasteiger partial charge on any atom is -0.311 e. The summed E-state index contributed by atoms with van der Waals surface area (Å²) in [5, 5.41) is 4.36. The van der Waals surface area contributed by atoms with Crippen LogP contribution >= 0.6 is 11.6 Å². The number of hydrogen-bond donors (Lipinski definition) is 1. The molecule has 1 fully saturated rings. The van der Waals surface area contributed by atoms with Gasteiger partial charge >= 0.3 is 0 Å². The Kier molecular flexibility index (Phi) is 5.68. The fourth-order valence-corrected chi connectivity index (χ4v) is 2.83. The highest BCUT2D eigenvalue weighted by Gasteiger charge is 2.14. The quantitative estimate of drug-likeness (QED) is 0.831. The summed E-state index contributed by atoms with van der Waals surface area (Å²) in [7, 11) is 0. The Bertz CT molecular complexity index is 398. The molecular weight excluding hydrogens is 256 g/mol. The molecule has 0 aromatic heterocycles. The predicted octanol–water partition coefficient (Wildman–Crippen LogP) is 3.47. The Labute approximate surface area is 122 Å². The molecule has 0 radical (unpaired) electrons. The summed E-state index contributed by atoms with van der Waals surface area (Å²) < 4.78 is 0. The molecular formula is C16H25ClN2. The van der Waals surface area contributed by atoms with Gasteiger partial charge in [0.2, 0.25) is 0 Å². The zero-order chi connectivity index (χ0) is 13.7. The van der Waals surface area contributed by atoms with Crippen molar-refractivity contribution in [3.63, 3.8) is 0 Å². The molecule has 0 atom stereocenters. The van der Waals surface area contributed by atoms with E-state index in [9.17, 15) is 0 Å². The third kappa shape index (κ3) is 4.79. The monoisotopic (exact) mass is 280 g/mol. The molecule has 1 aliphatic heterocycles. The molecule has 1 aromatic rings. The fraction of sp³-hybridized carbons (Fsp3) is 0.625. The molecule has 2 nitrogen and oxygen atoms in total. The van der Waals surface area contributed by atoms with Crippen LogP contribution in [0.5, 0.6) is 0 Å². The van der Waals surface area contributed by atoms with Crippen LogP contribution in [0.1, 0.15) is 30.9 Å². The molecule has 2 rings (SSSR count).